The van der Waals surface area contributed by atoms with Crippen LogP contribution in [0, 0.1) is 10.1 Å². The van der Waals surface area contributed by atoms with Gasteiger partial charge in [0.25, 0.3) is 5.69 Å². The van der Waals surface area contributed by atoms with Crippen LogP contribution < -0.4 is 25.1 Å². The zero-order chi connectivity index (χ0) is 28.4. The van der Waals surface area contributed by atoms with Crippen molar-refractivity contribution >= 4 is 35.4 Å². The molecule has 1 aliphatic rings. The van der Waals surface area contributed by atoms with Crippen molar-refractivity contribution in [2.24, 2.45) is 5.10 Å². The van der Waals surface area contributed by atoms with Gasteiger partial charge in [0.15, 0.2) is 11.5 Å². The van der Waals surface area contributed by atoms with E-state index < -0.39 is 4.92 Å². The number of anilines is 4. The van der Waals surface area contributed by atoms with E-state index in [-0.39, 0.29) is 12.3 Å². The molecule has 0 spiro atoms. The van der Waals surface area contributed by atoms with Gasteiger partial charge in [0.1, 0.15) is 6.61 Å². The average Bonchev–Trinajstić information content (AvgIpc) is 3.01. The normalized spacial score (nSPS) is 13.1. The third kappa shape index (κ3) is 7.24. The summed E-state index contributed by atoms with van der Waals surface area (Å²) in [6, 6.07) is 21.5. The molecule has 2 N–H and O–H groups in total. The molecule has 4 aromatic rings. The molecule has 41 heavy (non-hydrogen) atoms. The molecule has 3 aromatic carbocycles. The molecule has 12 nitrogen and oxygen atoms in total. The van der Waals surface area contributed by atoms with Crippen molar-refractivity contribution in [2.45, 2.75) is 25.9 Å². The summed E-state index contributed by atoms with van der Waals surface area (Å²) in [7, 11) is 1.53. The van der Waals surface area contributed by atoms with Crippen molar-refractivity contribution in [2.75, 3.05) is 35.8 Å². The van der Waals surface area contributed by atoms with Crippen LogP contribution in [0.5, 0.6) is 11.5 Å². The van der Waals surface area contributed by atoms with Crippen LogP contribution in [0.15, 0.2) is 77.9 Å². The highest BCUT2D eigenvalue weighted by atomic mass is 16.6. The minimum absolute atomic E-state index is 0.00481. The van der Waals surface area contributed by atoms with Gasteiger partial charge in [-0.1, -0.05) is 30.3 Å². The number of methoxy groups -OCH3 is 1. The van der Waals surface area contributed by atoms with Crippen LogP contribution in [0.2, 0.25) is 0 Å². The van der Waals surface area contributed by atoms with Crippen molar-refractivity contribution < 1.29 is 14.4 Å². The first-order valence-corrected chi connectivity index (χ1v) is 13.2. The predicted octanol–water partition coefficient (Wildman–Crippen LogP) is 5.55. The summed E-state index contributed by atoms with van der Waals surface area (Å²) in [5, 5.41) is 18.9. The maximum absolute atomic E-state index is 11.3. The number of nitro benzene ring substituents is 1. The molecule has 0 aliphatic carbocycles. The van der Waals surface area contributed by atoms with Crippen LogP contribution >= 0.6 is 0 Å². The summed E-state index contributed by atoms with van der Waals surface area (Å²) >= 11 is 0. The van der Waals surface area contributed by atoms with Gasteiger partial charge in [0.05, 0.1) is 23.8 Å². The van der Waals surface area contributed by atoms with Crippen molar-refractivity contribution in [1.82, 2.24) is 15.0 Å². The molecule has 0 saturated carbocycles. The van der Waals surface area contributed by atoms with Gasteiger partial charge in [-0.25, -0.2) is 5.43 Å². The molecule has 0 amide bonds. The lowest BCUT2D eigenvalue weighted by Gasteiger charge is -2.26. The van der Waals surface area contributed by atoms with E-state index >= 15 is 0 Å². The monoisotopic (exact) mass is 554 g/mol. The minimum Gasteiger partial charge on any atom is -0.493 e. The van der Waals surface area contributed by atoms with Crippen LogP contribution in [-0.4, -0.2) is 46.3 Å². The van der Waals surface area contributed by atoms with Gasteiger partial charge in [0.2, 0.25) is 17.8 Å². The van der Waals surface area contributed by atoms with Crippen LogP contribution in [0.4, 0.5) is 29.2 Å². The van der Waals surface area contributed by atoms with Crippen molar-refractivity contribution in [3.8, 4) is 11.5 Å². The summed E-state index contributed by atoms with van der Waals surface area (Å²) in [6.07, 6.45) is 5.00. The quantitative estimate of drug-likeness (QED) is 0.138. The van der Waals surface area contributed by atoms with Gasteiger partial charge in [-0.15, -0.1) is 0 Å². The number of ether oxygens (including phenoxy) is 2. The molecule has 0 bridgehead atoms. The van der Waals surface area contributed by atoms with Gasteiger partial charge < -0.3 is 19.7 Å². The number of benzene rings is 3. The molecule has 12 heteroatoms. The van der Waals surface area contributed by atoms with Crippen LogP contribution in [0.25, 0.3) is 0 Å². The van der Waals surface area contributed by atoms with Gasteiger partial charge in [-0.2, -0.15) is 20.1 Å². The maximum Gasteiger partial charge on any atom is 0.276 e. The number of aromatic nitrogens is 3. The molecular weight excluding hydrogens is 524 g/mol. The third-order valence-corrected chi connectivity index (χ3v) is 6.43. The lowest BCUT2D eigenvalue weighted by Crippen LogP contribution is -2.31. The molecule has 0 radical (unpaired) electrons. The fourth-order valence-corrected chi connectivity index (χ4v) is 4.37. The number of nitro groups is 1. The fraction of sp³-hybridized carbons (Fsp3) is 0.241. The summed E-state index contributed by atoms with van der Waals surface area (Å²) in [5.41, 5.74) is 5.00. The zero-order valence-corrected chi connectivity index (χ0v) is 22.6. The molecule has 2 heterocycles. The van der Waals surface area contributed by atoms with E-state index in [1.807, 2.05) is 30.3 Å². The minimum atomic E-state index is -0.425. The van der Waals surface area contributed by atoms with Crippen molar-refractivity contribution in [1.29, 1.82) is 0 Å². The Morgan fingerprint density at radius 3 is 2.49 bits per heavy atom. The first-order chi connectivity index (χ1) is 20.1. The second-order valence-corrected chi connectivity index (χ2v) is 9.28. The van der Waals surface area contributed by atoms with Crippen molar-refractivity contribution in [3.63, 3.8) is 0 Å². The maximum atomic E-state index is 11.3. The van der Waals surface area contributed by atoms with Gasteiger partial charge in [0, 0.05) is 24.8 Å². The molecule has 5 rings (SSSR count). The third-order valence-electron chi connectivity index (χ3n) is 6.43. The fourth-order valence-electron chi connectivity index (χ4n) is 4.37. The molecule has 1 aliphatic heterocycles. The molecule has 1 fully saturated rings. The van der Waals surface area contributed by atoms with E-state index in [0.717, 1.165) is 37.2 Å². The molecular formula is C29H30N8O4. The molecule has 0 unspecified atom stereocenters. The number of hydrogen-bond donors (Lipinski definition) is 2. The van der Waals surface area contributed by atoms with E-state index in [9.17, 15) is 10.1 Å². The highest BCUT2D eigenvalue weighted by Crippen LogP contribution is 2.29. The Bertz CT molecular complexity index is 1510. The molecule has 210 valence electrons. The standard InChI is InChI=1S/C29H30N8O4/c1-40-26-18-21(14-15-25(26)41-20-22-10-6-7-13-24(22)37(38)39)19-30-35-28-32-27(31-23-11-4-2-5-12-23)33-29(34-28)36-16-8-3-9-17-36/h2,4-7,10-15,18-19H,3,8-9,16-17,20H2,1H3,(H2,31,32,33,34,35)/b30-19+. The number of piperidine rings is 1. The Hall–Kier alpha value is -5.26. The Labute approximate surface area is 237 Å². The summed E-state index contributed by atoms with van der Waals surface area (Å²) in [4.78, 5) is 26.8. The topological polar surface area (TPSA) is 140 Å². The SMILES string of the molecule is COc1cc(/C=N/Nc2nc(Nc3ccccc3)nc(N3CCCCC3)n2)ccc1OCc1ccccc1[N+](=O)[O-]. The van der Waals surface area contributed by atoms with E-state index in [4.69, 9.17) is 9.47 Å². The average molecular weight is 555 g/mol. The van der Waals surface area contributed by atoms with E-state index in [1.54, 1.807) is 42.6 Å². The lowest BCUT2D eigenvalue weighted by molar-refractivity contribution is -0.385. The summed E-state index contributed by atoms with van der Waals surface area (Å²) in [6.45, 7) is 1.81. The molecule has 0 atom stereocenters. The smallest absolute Gasteiger partial charge is 0.276 e. The first kappa shape index (κ1) is 27.3. The Morgan fingerprint density at radius 2 is 1.71 bits per heavy atom. The molecule has 1 saturated heterocycles. The molecule has 1 aromatic heterocycles. The Morgan fingerprint density at radius 1 is 0.951 bits per heavy atom. The number of nitrogens with one attached hydrogen (secondary N) is 2. The second kappa shape index (κ2) is 13.2. The number of nitrogens with zero attached hydrogens (tertiary/aromatic N) is 6. The van der Waals surface area contributed by atoms with Gasteiger partial charge >= 0.3 is 0 Å². The van der Waals surface area contributed by atoms with E-state index in [2.05, 4.69) is 35.7 Å². The van der Waals surface area contributed by atoms with E-state index in [0.29, 0.717) is 34.9 Å². The lowest BCUT2D eigenvalue weighted by atomic mass is 10.1. The summed E-state index contributed by atoms with van der Waals surface area (Å²) < 4.78 is 11.3. The second-order valence-electron chi connectivity index (χ2n) is 9.28. The number of para-hydroxylation sites is 2. The van der Waals surface area contributed by atoms with Crippen LogP contribution in [0.1, 0.15) is 30.4 Å². The number of hydrazone groups is 1. The van der Waals surface area contributed by atoms with Gasteiger partial charge in [-0.3, -0.25) is 10.1 Å². The zero-order valence-electron chi connectivity index (χ0n) is 22.6. The van der Waals surface area contributed by atoms with Crippen molar-refractivity contribution in [3.05, 3.63) is 94.0 Å². The summed E-state index contributed by atoms with van der Waals surface area (Å²) in [5.74, 6) is 2.25. The van der Waals surface area contributed by atoms with Gasteiger partial charge in [-0.05, 0) is 61.2 Å². The number of hydrogen-bond acceptors (Lipinski definition) is 11. The number of rotatable bonds is 11. The first-order valence-electron chi connectivity index (χ1n) is 13.2. The van der Waals surface area contributed by atoms with Crippen LogP contribution in [-0.2, 0) is 6.61 Å². The Kier molecular flexibility index (Phi) is 8.79. The highest BCUT2D eigenvalue weighted by molar-refractivity contribution is 5.81. The highest BCUT2D eigenvalue weighted by Gasteiger charge is 2.17. The van der Waals surface area contributed by atoms with E-state index in [1.165, 1.54) is 19.6 Å². The van der Waals surface area contributed by atoms with Crippen LogP contribution in [0.3, 0.4) is 0 Å². The largest absolute Gasteiger partial charge is 0.493 e. The predicted molar refractivity (Wildman–Crippen MR) is 157 cm³/mol. The Balaban J connectivity index is 1.29.